The number of hydrogen-bond donors (Lipinski definition) is 2. The summed E-state index contributed by atoms with van der Waals surface area (Å²) in [5, 5.41) is 24.7. The summed E-state index contributed by atoms with van der Waals surface area (Å²) in [6, 6.07) is 6.04. The van der Waals surface area contributed by atoms with Gasteiger partial charge in [-0.2, -0.15) is 0 Å². The molecule has 3 rings (SSSR count). The molecule has 2 atom stereocenters. The first-order valence-electron chi connectivity index (χ1n) is 11.0. The second-order valence-electron chi connectivity index (χ2n) is 9.68. The van der Waals surface area contributed by atoms with Crippen molar-refractivity contribution in [2.75, 3.05) is 0 Å². The topological polar surface area (TPSA) is 40.5 Å². The number of phenolic OH excluding ortho intramolecular Hbond substituents is 2. The highest BCUT2D eigenvalue weighted by Crippen LogP contribution is 2.53. The molecule has 0 fully saturated rings. The van der Waals surface area contributed by atoms with E-state index in [1.54, 1.807) is 11.3 Å². The first-order chi connectivity index (χ1) is 13.7. The van der Waals surface area contributed by atoms with Crippen LogP contribution in [-0.4, -0.2) is 10.2 Å². The first kappa shape index (κ1) is 22.0. The Bertz CT molecular complexity index is 856. The summed E-state index contributed by atoms with van der Waals surface area (Å²) in [4.78, 5) is 1.08. The van der Waals surface area contributed by atoms with E-state index in [-0.39, 0.29) is 22.8 Å². The first-order valence-corrected chi connectivity index (χ1v) is 11.9. The summed E-state index contributed by atoms with van der Waals surface area (Å²) >= 11 is 1.65. The molecule has 2 N–H and O–H groups in total. The van der Waals surface area contributed by atoms with Crippen molar-refractivity contribution in [3.05, 3.63) is 46.4 Å². The van der Waals surface area contributed by atoms with E-state index in [4.69, 9.17) is 0 Å². The van der Waals surface area contributed by atoms with Gasteiger partial charge in [0, 0.05) is 21.9 Å². The van der Waals surface area contributed by atoms with Gasteiger partial charge < -0.3 is 10.2 Å². The van der Waals surface area contributed by atoms with Gasteiger partial charge in [0.1, 0.15) is 11.5 Å². The average Bonchev–Trinajstić information content (AvgIpc) is 3.15. The van der Waals surface area contributed by atoms with Crippen LogP contribution >= 0.6 is 11.3 Å². The van der Waals surface area contributed by atoms with E-state index < -0.39 is 0 Å². The molecule has 0 aliphatic heterocycles. The fourth-order valence-corrected chi connectivity index (χ4v) is 5.64. The van der Waals surface area contributed by atoms with Crippen LogP contribution < -0.4 is 0 Å². The van der Waals surface area contributed by atoms with Crippen molar-refractivity contribution in [3.63, 3.8) is 0 Å². The van der Waals surface area contributed by atoms with Crippen molar-refractivity contribution in [2.45, 2.75) is 79.1 Å². The van der Waals surface area contributed by atoms with Gasteiger partial charge >= 0.3 is 0 Å². The van der Waals surface area contributed by atoms with Crippen molar-refractivity contribution < 1.29 is 10.2 Å². The Hall–Kier alpha value is -1.74. The van der Waals surface area contributed by atoms with E-state index in [0.717, 1.165) is 54.5 Å². The highest BCUT2D eigenvalue weighted by molar-refractivity contribution is 7.13. The lowest BCUT2D eigenvalue weighted by molar-refractivity contribution is 0.194. The van der Waals surface area contributed by atoms with Crippen LogP contribution in [0, 0.1) is 11.3 Å². The van der Waals surface area contributed by atoms with Crippen LogP contribution in [0.4, 0.5) is 0 Å². The smallest absolute Gasteiger partial charge is 0.132 e. The van der Waals surface area contributed by atoms with Crippen molar-refractivity contribution in [2.24, 2.45) is 11.3 Å². The summed E-state index contributed by atoms with van der Waals surface area (Å²) in [6.45, 7) is 11.2. The quantitative estimate of drug-likeness (QED) is 0.372. The number of unbranched alkanes of at least 4 members (excludes halogenated alkanes) is 2. The highest BCUT2D eigenvalue weighted by atomic mass is 32.1. The number of allylic oxidation sites excluding steroid dienone is 2. The van der Waals surface area contributed by atoms with E-state index in [1.165, 1.54) is 5.57 Å². The molecule has 158 valence electrons. The van der Waals surface area contributed by atoms with E-state index in [0.29, 0.717) is 11.5 Å². The molecule has 1 aromatic heterocycles. The molecule has 1 aliphatic carbocycles. The summed E-state index contributed by atoms with van der Waals surface area (Å²) in [5.74, 6) is 0.945. The van der Waals surface area contributed by atoms with Crippen molar-refractivity contribution in [1.82, 2.24) is 0 Å². The number of thiophene rings is 1. The lowest BCUT2D eigenvalue weighted by Gasteiger charge is -2.40. The monoisotopic (exact) mass is 412 g/mol. The van der Waals surface area contributed by atoms with Crippen LogP contribution in [0.3, 0.4) is 0 Å². The molecule has 1 aromatic carbocycles. The predicted octanol–water partition coefficient (Wildman–Crippen LogP) is 8.05. The average molecular weight is 413 g/mol. The van der Waals surface area contributed by atoms with E-state index in [9.17, 15) is 10.2 Å². The van der Waals surface area contributed by atoms with Crippen molar-refractivity contribution in [1.29, 1.82) is 0 Å². The molecular formula is C26H36O2S. The normalized spacial score (nSPS) is 20.0. The molecule has 3 heteroatoms. The Morgan fingerprint density at radius 3 is 2.55 bits per heavy atom. The van der Waals surface area contributed by atoms with Gasteiger partial charge in [0.2, 0.25) is 0 Å². The van der Waals surface area contributed by atoms with Crippen LogP contribution in [0.1, 0.15) is 83.8 Å². The minimum atomic E-state index is 0.0344. The Kier molecular flexibility index (Phi) is 6.78. The number of benzene rings is 1. The maximum absolute atomic E-state index is 11.5. The third-order valence-corrected chi connectivity index (χ3v) is 7.30. The van der Waals surface area contributed by atoms with Crippen LogP contribution in [-0.2, 0) is 6.42 Å². The Morgan fingerprint density at radius 1 is 1.17 bits per heavy atom. The summed E-state index contributed by atoms with van der Waals surface area (Å²) < 4.78 is 0. The van der Waals surface area contributed by atoms with Crippen LogP contribution in [0.2, 0.25) is 0 Å². The molecule has 0 saturated heterocycles. The zero-order valence-electron chi connectivity index (χ0n) is 18.6. The summed E-state index contributed by atoms with van der Waals surface area (Å²) in [7, 11) is 0. The van der Waals surface area contributed by atoms with E-state index in [1.807, 2.05) is 12.1 Å². The van der Waals surface area contributed by atoms with E-state index >= 15 is 0 Å². The van der Waals surface area contributed by atoms with Crippen molar-refractivity contribution in [3.8, 4) is 21.9 Å². The number of phenols is 2. The number of aromatic hydroxyl groups is 2. The third kappa shape index (κ3) is 4.71. The van der Waals surface area contributed by atoms with Gasteiger partial charge in [-0.05, 0) is 67.0 Å². The second-order valence-corrected chi connectivity index (χ2v) is 10.6. The zero-order valence-corrected chi connectivity index (χ0v) is 19.4. The lowest BCUT2D eigenvalue weighted by atomic mass is 9.65. The SMILES string of the molecule is CCCCCc1cc(O)c([C@@H]2C=C(C)CC[C@H]2C(C)(C)C)c(O)c1-c1cccs1. The molecule has 29 heavy (non-hydrogen) atoms. The minimum absolute atomic E-state index is 0.0344. The molecule has 2 aromatic rings. The third-order valence-electron chi connectivity index (χ3n) is 6.41. The van der Waals surface area contributed by atoms with Gasteiger partial charge in [-0.25, -0.2) is 0 Å². The maximum atomic E-state index is 11.5. The van der Waals surface area contributed by atoms with Gasteiger partial charge in [0.25, 0.3) is 0 Å². The molecule has 0 radical (unpaired) electrons. The second kappa shape index (κ2) is 8.95. The van der Waals surface area contributed by atoms with Crippen molar-refractivity contribution >= 4 is 11.3 Å². The number of aryl methyl sites for hydroxylation is 1. The standard InChI is InChI=1S/C26H36O2S/c1-6-7-8-10-18-16-21(27)24(25(28)23(18)22-11-9-14-29-22)19-15-17(2)12-13-20(19)26(3,4)5/h9,11,14-16,19-20,27-28H,6-8,10,12-13H2,1-5H3/t19-,20-/m1/s1. The predicted molar refractivity (Wildman–Crippen MR) is 125 cm³/mol. The Labute approximate surface area is 180 Å². The lowest BCUT2D eigenvalue weighted by Crippen LogP contribution is -2.28. The molecule has 1 heterocycles. The van der Waals surface area contributed by atoms with E-state index in [2.05, 4.69) is 52.1 Å². The van der Waals surface area contributed by atoms with Crippen LogP contribution in [0.5, 0.6) is 11.5 Å². The van der Waals surface area contributed by atoms with Gasteiger partial charge in [0.15, 0.2) is 0 Å². The van der Waals surface area contributed by atoms with Gasteiger partial charge in [-0.15, -0.1) is 11.3 Å². The molecule has 0 saturated carbocycles. The Balaban J connectivity index is 2.16. The number of hydrogen-bond acceptors (Lipinski definition) is 3. The van der Waals surface area contributed by atoms with Crippen LogP contribution in [0.15, 0.2) is 35.2 Å². The molecule has 2 nitrogen and oxygen atoms in total. The van der Waals surface area contributed by atoms with Gasteiger partial charge in [-0.1, -0.05) is 58.3 Å². The molecule has 0 bridgehead atoms. The minimum Gasteiger partial charge on any atom is -0.507 e. The molecular weight excluding hydrogens is 376 g/mol. The number of rotatable bonds is 6. The molecule has 0 unspecified atom stereocenters. The largest absolute Gasteiger partial charge is 0.507 e. The molecule has 0 amide bonds. The fraction of sp³-hybridized carbons (Fsp3) is 0.538. The maximum Gasteiger partial charge on any atom is 0.132 e. The van der Waals surface area contributed by atoms with Crippen LogP contribution in [0.25, 0.3) is 10.4 Å². The molecule has 0 spiro atoms. The zero-order chi connectivity index (χ0) is 21.2. The van der Waals surface area contributed by atoms with Gasteiger partial charge in [-0.3, -0.25) is 0 Å². The fourth-order valence-electron chi connectivity index (χ4n) is 4.83. The summed E-state index contributed by atoms with van der Waals surface area (Å²) in [6.07, 6.45) is 8.72. The molecule has 1 aliphatic rings. The van der Waals surface area contributed by atoms with Gasteiger partial charge in [0.05, 0.1) is 0 Å². The highest BCUT2D eigenvalue weighted by Gasteiger charge is 2.37. The summed E-state index contributed by atoms with van der Waals surface area (Å²) in [5.41, 5.74) is 4.14. The Morgan fingerprint density at radius 2 is 1.93 bits per heavy atom.